The molecular weight excluding hydrogens is 256 g/mol. The van der Waals surface area contributed by atoms with Crippen LogP contribution >= 0.6 is 0 Å². The Morgan fingerprint density at radius 1 is 1.10 bits per heavy atom. The molecule has 2 aromatic rings. The lowest BCUT2D eigenvalue weighted by molar-refractivity contribution is 0.589. The van der Waals surface area contributed by atoms with Crippen molar-refractivity contribution in [2.24, 2.45) is 0 Å². The number of rotatable bonds is 1. The number of hydrogen-bond acceptors (Lipinski definition) is 1. The van der Waals surface area contributed by atoms with Crippen molar-refractivity contribution < 1.29 is 8.78 Å². The van der Waals surface area contributed by atoms with Crippen LogP contribution in [0.4, 0.5) is 8.78 Å². The molecule has 0 aromatic heterocycles. The molecular formula is C17H17F2N. The van der Waals surface area contributed by atoms with Crippen LogP contribution in [0, 0.1) is 11.6 Å². The van der Waals surface area contributed by atoms with E-state index in [4.69, 9.17) is 0 Å². The number of halogens is 2. The van der Waals surface area contributed by atoms with Crippen molar-refractivity contribution >= 4 is 0 Å². The SMILES string of the molecule is CC1CNCCc2cc(-c3c(F)cccc3F)ccc21. The van der Waals surface area contributed by atoms with E-state index in [1.165, 1.54) is 29.3 Å². The van der Waals surface area contributed by atoms with Gasteiger partial charge in [-0.1, -0.05) is 31.2 Å². The summed E-state index contributed by atoms with van der Waals surface area (Å²) in [6.45, 7) is 4.02. The van der Waals surface area contributed by atoms with Crippen molar-refractivity contribution in [3.63, 3.8) is 0 Å². The molecule has 0 fully saturated rings. The van der Waals surface area contributed by atoms with E-state index in [2.05, 4.69) is 12.2 Å². The number of benzene rings is 2. The average Bonchev–Trinajstić information content (AvgIpc) is 2.61. The molecule has 0 bridgehead atoms. The lowest BCUT2D eigenvalue weighted by atomic mass is 9.91. The summed E-state index contributed by atoms with van der Waals surface area (Å²) in [6, 6.07) is 9.75. The lowest BCUT2D eigenvalue weighted by Gasteiger charge is -2.14. The predicted octanol–water partition coefficient (Wildman–Crippen LogP) is 3.88. The van der Waals surface area contributed by atoms with E-state index in [1.807, 2.05) is 18.2 Å². The van der Waals surface area contributed by atoms with Crippen LogP contribution in [0.25, 0.3) is 11.1 Å². The maximum Gasteiger partial charge on any atom is 0.133 e. The van der Waals surface area contributed by atoms with Gasteiger partial charge < -0.3 is 5.32 Å². The zero-order valence-electron chi connectivity index (χ0n) is 11.4. The van der Waals surface area contributed by atoms with Gasteiger partial charge >= 0.3 is 0 Å². The van der Waals surface area contributed by atoms with Gasteiger partial charge in [0.05, 0.1) is 5.56 Å². The summed E-state index contributed by atoms with van der Waals surface area (Å²) >= 11 is 0. The highest BCUT2D eigenvalue weighted by atomic mass is 19.1. The van der Waals surface area contributed by atoms with Crippen molar-refractivity contribution in [3.05, 3.63) is 59.2 Å². The van der Waals surface area contributed by atoms with E-state index in [0.29, 0.717) is 11.5 Å². The first kappa shape index (κ1) is 13.3. The van der Waals surface area contributed by atoms with Crippen molar-refractivity contribution in [2.45, 2.75) is 19.3 Å². The van der Waals surface area contributed by atoms with Crippen molar-refractivity contribution in [1.82, 2.24) is 5.32 Å². The minimum atomic E-state index is -0.509. The lowest BCUT2D eigenvalue weighted by Crippen LogP contribution is -2.18. The highest BCUT2D eigenvalue weighted by Gasteiger charge is 2.17. The molecule has 2 aromatic carbocycles. The maximum atomic E-state index is 13.9. The normalized spacial score (nSPS) is 18.4. The zero-order valence-corrected chi connectivity index (χ0v) is 11.4. The first-order valence-electron chi connectivity index (χ1n) is 6.94. The van der Waals surface area contributed by atoms with Gasteiger partial charge in [0.15, 0.2) is 0 Å². The van der Waals surface area contributed by atoms with Gasteiger partial charge in [-0.15, -0.1) is 0 Å². The average molecular weight is 273 g/mol. The Balaban J connectivity index is 2.11. The Morgan fingerprint density at radius 3 is 2.60 bits per heavy atom. The topological polar surface area (TPSA) is 12.0 Å². The van der Waals surface area contributed by atoms with E-state index in [9.17, 15) is 8.78 Å². The molecule has 1 aliphatic heterocycles. The number of nitrogens with one attached hydrogen (secondary N) is 1. The largest absolute Gasteiger partial charge is 0.316 e. The Labute approximate surface area is 117 Å². The Kier molecular flexibility index (Phi) is 3.53. The zero-order chi connectivity index (χ0) is 14.1. The van der Waals surface area contributed by atoms with E-state index < -0.39 is 11.6 Å². The van der Waals surface area contributed by atoms with Crippen molar-refractivity contribution in [1.29, 1.82) is 0 Å². The molecule has 0 spiro atoms. The van der Waals surface area contributed by atoms with Gasteiger partial charge in [-0.05, 0) is 47.7 Å². The molecule has 0 radical (unpaired) electrons. The molecule has 0 saturated heterocycles. The highest BCUT2D eigenvalue weighted by Crippen LogP contribution is 2.31. The van der Waals surface area contributed by atoms with Gasteiger partial charge in [0.25, 0.3) is 0 Å². The molecule has 0 aliphatic carbocycles. The Hall–Kier alpha value is -1.74. The Bertz CT molecular complexity index is 617. The van der Waals surface area contributed by atoms with Crippen LogP contribution in [-0.4, -0.2) is 13.1 Å². The van der Waals surface area contributed by atoms with Gasteiger partial charge in [-0.2, -0.15) is 0 Å². The summed E-state index contributed by atoms with van der Waals surface area (Å²) in [7, 11) is 0. The van der Waals surface area contributed by atoms with Crippen molar-refractivity contribution in [2.75, 3.05) is 13.1 Å². The second-order valence-electron chi connectivity index (χ2n) is 5.37. The maximum absolute atomic E-state index is 13.9. The third-order valence-electron chi connectivity index (χ3n) is 3.95. The predicted molar refractivity (Wildman–Crippen MR) is 76.8 cm³/mol. The fraction of sp³-hybridized carbons (Fsp3) is 0.294. The second-order valence-corrected chi connectivity index (χ2v) is 5.37. The third kappa shape index (κ3) is 2.34. The molecule has 104 valence electrons. The van der Waals surface area contributed by atoms with Gasteiger partial charge in [0.1, 0.15) is 11.6 Å². The summed E-state index contributed by atoms with van der Waals surface area (Å²) < 4.78 is 27.7. The first-order valence-corrected chi connectivity index (χ1v) is 6.94. The minimum absolute atomic E-state index is 0.0696. The Morgan fingerprint density at radius 2 is 1.85 bits per heavy atom. The van der Waals surface area contributed by atoms with Gasteiger partial charge in [0.2, 0.25) is 0 Å². The second kappa shape index (κ2) is 5.33. The molecule has 1 unspecified atom stereocenters. The summed E-state index contributed by atoms with van der Waals surface area (Å²) in [4.78, 5) is 0. The monoisotopic (exact) mass is 273 g/mol. The third-order valence-corrected chi connectivity index (χ3v) is 3.95. The molecule has 1 nitrogen and oxygen atoms in total. The number of hydrogen-bond donors (Lipinski definition) is 1. The van der Waals surface area contributed by atoms with Crippen molar-refractivity contribution in [3.8, 4) is 11.1 Å². The van der Waals surface area contributed by atoms with E-state index in [0.717, 1.165) is 19.5 Å². The van der Waals surface area contributed by atoms with E-state index in [-0.39, 0.29) is 5.56 Å². The molecule has 1 atom stereocenters. The quantitative estimate of drug-likeness (QED) is 0.831. The van der Waals surface area contributed by atoms with E-state index in [1.54, 1.807) is 0 Å². The van der Waals surface area contributed by atoms with Crippen LogP contribution in [0.1, 0.15) is 24.0 Å². The molecule has 3 rings (SSSR count). The summed E-state index contributed by atoms with van der Waals surface area (Å²) in [6.07, 6.45) is 0.892. The fourth-order valence-electron chi connectivity index (χ4n) is 2.88. The molecule has 0 amide bonds. The van der Waals surface area contributed by atoms with Crippen LogP contribution < -0.4 is 5.32 Å². The molecule has 3 heteroatoms. The fourth-order valence-corrected chi connectivity index (χ4v) is 2.88. The highest BCUT2D eigenvalue weighted by molar-refractivity contribution is 5.66. The van der Waals surface area contributed by atoms with Crippen LogP contribution in [0.2, 0.25) is 0 Å². The standard InChI is InChI=1S/C17H17F2N/c1-11-10-20-8-7-12-9-13(5-6-14(11)12)17-15(18)3-2-4-16(17)19/h2-6,9,11,20H,7-8,10H2,1H3. The van der Waals surface area contributed by atoms with Crippen LogP contribution in [0.3, 0.4) is 0 Å². The molecule has 1 heterocycles. The van der Waals surface area contributed by atoms with Crippen LogP contribution in [0.5, 0.6) is 0 Å². The van der Waals surface area contributed by atoms with Crippen LogP contribution in [-0.2, 0) is 6.42 Å². The molecule has 1 N–H and O–H groups in total. The molecule has 1 aliphatic rings. The minimum Gasteiger partial charge on any atom is -0.316 e. The summed E-state index contributed by atoms with van der Waals surface area (Å²) in [5, 5.41) is 3.38. The van der Waals surface area contributed by atoms with Gasteiger partial charge in [0, 0.05) is 6.54 Å². The van der Waals surface area contributed by atoms with Gasteiger partial charge in [-0.25, -0.2) is 8.78 Å². The summed E-state index contributed by atoms with van der Waals surface area (Å²) in [5.41, 5.74) is 3.15. The van der Waals surface area contributed by atoms with Crippen LogP contribution in [0.15, 0.2) is 36.4 Å². The number of fused-ring (bicyclic) bond motifs is 1. The van der Waals surface area contributed by atoms with E-state index >= 15 is 0 Å². The molecule has 20 heavy (non-hydrogen) atoms. The summed E-state index contributed by atoms with van der Waals surface area (Å²) in [5.74, 6) is -0.596. The molecule has 0 saturated carbocycles. The van der Waals surface area contributed by atoms with Gasteiger partial charge in [-0.3, -0.25) is 0 Å². The smallest absolute Gasteiger partial charge is 0.133 e. The first-order chi connectivity index (χ1) is 9.66.